The highest BCUT2D eigenvalue weighted by Crippen LogP contribution is 2.27. The Morgan fingerprint density at radius 3 is 2.52 bits per heavy atom. The van der Waals surface area contributed by atoms with E-state index in [0.717, 1.165) is 21.9 Å². The van der Waals surface area contributed by atoms with Crippen LogP contribution >= 0.6 is 11.6 Å². The average molecular weight is 429 g/mol. The van der Waals surface area contributed by atoms with Crippen molar-refractivity contribution in [2.45, 2.75) is 13.5 Å². The highest BCUT2D eigenvalue weighted by molar-refractivity contribution is 6.30. The molecule has 1 amide bonds. The molecule has 0 heterocycles. The second-order valence-electron chi connectivity index (χ2n) is 7.12. The van der Waals surface area contributed by atoms with E-state index >= 15 is 0 Å². The van der Waals surface area contributed by atoms with E-state index < -0.39 is 0 Å². The maximum Gasteiger partial charge on any atom is 0.271 e. The summed E-state index contributed by atoms with van der Waals surface area (Å²) >= 11 is 5.88. The Hall–Kier alpha value is -3.63. The van der Waals surface area contributed by atoms with E-state index in [4.69, 9.17) is 16.3 Å². The number of amides is 1. The van der Waals surface area contributed by atoms with Crippen molar-refractivity contribution in [3.05, 3.63) is 112 Å². The van der Waals surface area contributed by atoms with Gasteiger partial charge in [-0.25, -0.2) is 5.43 Å². The number of rotatable bonds is 6. The third-order valence-corrected chi connectivity index (χ3v) is 5.29. The second kappa shape index (κ2) is 9.45. The van der Waals surface area contributed by atoms with Crippen LogP contribution in [0.4, 0.5) is 0 Å². The lowest BCUT2D eigenvalue weighted by molar-refractivity contribution is 0.0955. The molecule has 0 saturated carbocycles. The third kappa shape index (κ3) is 4.93. The summed E-state index contributed by atoms with van der Waals surface area (Å²) in [6.07, 6.45) is 1.63. The van der Waals surface area contributed by atoms with Crippen molar-refractivity contribution in [2.75, 3.05) is 0 Å². The molecule has 0 atom stereocenters. The first-order valence-corrected chi connectivity index (χ1v) is 10.3. The zero-order valence-electron chi connectivity index (χ0n) is 17.0. The topological polar surface area (TPSA) is 50.7 Å². The van der Waals surface area contributed by atoms with Gasteiger partial charge in [-0.15, -0.1) is 0 Å². The predicted octanol–water partition coefficient (Wildman–Crippen LogP) is 6.14. The molecule has 0 aromatic heterocycles. The number of hydrazone groups is 1. The number of nitrogens with zero attached hydrogens (tertiary/aromatic N) is 1. The van der Waals surface area contributed by atoms with Crippen molar-refractivity contribution in [3.8, 4) is 5.75 Å². The minimum Gasteiger partial charge on any atom is -0.488 e. The highest BCUT2D eigenvalue weighted by Gasteiger charge is 2.09. The first kappa shape index (κ1) is 20.6. The van der Waals surface area contributed by atoms with Crippen LogP contribution in [0.15, 0.2) is 90.0 Å². The molecule has 154 valence electrons. The number of fused-ring (bicyclic) bond motifs is 1. The number of hydrogen-bond acceptors (Lipinski definition) is 3. The zero-order chi connectivity index (χ0) is 21.6. The minimum atomic E-state index is -0.310. The van der Waals surface area contributed by atoms with Crippen LogP contribution in [-0.4, -0.2) is 12.1 Å². The summed E-state index contributed by atoms with van der Waals surface area (Å²) < 4.78 is 6.15. The fraction of sp³-hybridized carbons (Fsp3) is 0.0769. The zero-order valence-corrected chi connectivity index (χ0v) is 17.8. The average Bonchev–Trinajstić information content (AvgIpc) is 2.79. The molecule has 0 unspecified atom stereocenters. The number of carbonyl (C=O) groups is 1. The van der Waals surface area contributed by atoms with Crippen LogP contribution in [0.3, 0.4) is 0 Å². The van der Waals surface area contributed by atoms with Gasteiger partial charge in [0, 0.05) is 16.1 Å². The van der Waals surface area contributed by atoms with Crippen LogP contribution in [0, 0.1) is 6.92 Å². The largest absolute Gasteiger partial charge is 0.488 e. The summed E-state index contributed by atoms with van der Waals surface area (Å²) in [5, 5.41) is 6.82. The monoisotopic (exact) mass is 428 g/mol. The molecular weight excluding hydrogens is 408 g/mol. The normalized spacial score (nSPS) is 11.0. The van der Waals surface area contributed by atoms with E-state index in [1.807, 2.05) is 48.5 Å². The Morgan fingerprint density at radius 1 is 0.968 bits per heavy atom. The van der Waals surface area contributed by atoms with Crippen LogP contribution in [0.5, 0.6) is 5.75 Å². The second-order valence-corrected chi connectivity index (χ2v) is 7.56. The number of hydrogen-bond donors (Lipinski definition) is 1. The van der Waals surface area contributed by atoms with Crippen LogP contribution in [0.25, 0.3) is 10.8 Å². The van der Waals surface area contributed by atoms with E-state index in [1.54, 1.807) is 30.5 Å². The molecule has 0 radical (unpaired) electrons. The van der Waals surface area contributed by atoms with Gasteiger partial charge < -0.3 is 4.74 Å². The lowest BCUT2D eigenvalue weighted by Gasteiger charge is -2.13. The van der Waals surface area contributed by atoms with Gasteiger partial charge in [-0.1, -0.05) is 66.2 Å². The maximum atomic E-state index is 12.3. The van der Waals surface area contributed by atoms with Crippen LogP contribution < -0.4 is 10.2 Å². The van der Waals surface area contributed by atoms with Crippen molar-refractivity contribution in [3.63, 3.8) is 0 Å². The summed E-state index contributed by atoms with van der Waals surface area (Å²) in [4.78, 5) is 12.3. The van der Waals surface area contributed by atoms with Gasteiger partial charge in [-0.3, -0.25) is 4.79 Å². The van der Waals surface area contributed by atoms with Crippen molar-refractivity contribution in [2.24, 2.45) is 5.10 Å². The number of benzene rings is 4. The molecule has 4 aromatic carbocycles. The van der Waals surface area contributed by atoms with E-state index in [1.165, 1.54) is 5.56 Å². The number of halogens is 1. The number of nitrogens with one attached hydrogen (secondary N) is 1. The number of aryl methyl sites for hydroxylation is 1. The molecule has 0 saturated heterocycles. The molecule has 4 aromatic rings. The van der Waals surface area contributed by atoms with Gasteiger partial charge in [0.25, 0.3) is 5.91 Å². The van der Waals surface area contributed by atoms with Gasteiger partial charge in [-0.05, 0) is 59.2 Å². The molecule has 5 heteroatoms. The van der Waals surface area contributed by atoms with Crippen molar-refractivity contribution < 1.29 is 9.53 Å². The fourth-order valence-electron chi connectivity index (χ4n) is 3.28. The van der Waals surface area contributed by atoms with Gasteiger partial charge in [0.2, 0.25) is 0 Å². The molecule has 31 heavy (non-hydrogen) atoms. The number of ether oxygens (including phenoxy) is 1. The summed E-state index contributed by atoms with van der Waals surface area (Å²) in [5.74, 6) is 0.391. The SMILES string of the molecule is Cc1ccccc1COc1ccc2ccccc2c1/C=N/NC(=O)c1ccc(Cl)cc1. The maximum absolute atomic E-state index is 12.3. The van der Waals surface area contributed by atoms with Gasteiger partial charge >= 0.3 is 0 Å². The lowest BCUT2D eigenvalue weighted by atomic mass is 10.0. The summed E-state index contributed by atoms with van der Waals surface area (Å²) in [7, 11) is 0. The molecule has 0 aliphatic heterocycles. The van der Waals surface area contributed by atoms with Crippen molar-refractivity contribution in [1.29, 1.82) is 0 Å². The molecule has 4 nitrogen and oxygen atoms in total. The Balaban J connectivity index is 1.59. The van der Waals surface area contributed by atoms with E-state index in [-0.39, 0.29) is 5.91 Å². The molecule has 0 bridgehead atoms. The molecular formula is C26H21ClN2O2. The Bertz CT molecular complexity index is 1250. The van der Waals surface area contributed by atoms with E-state index in [2.05, 4.69) is 29.6 Å². The van der Waals surface area contributed by atoms with Crippen LogP contribution in [0.2, 0.25) is 5.02 Å². The molecule has 0 spiro atoms. The van der Waals surface area contributed by atoms with Crippen LogP contribution in [0.1, 0.15) is 27.0 Å². The molecule has 1 N–H and O–H groups in total. The molecule has 4 rings (SSSR count). The van der Waals surface area contributed by atoms with Gasteiger partial charge in [-0.2, -0.15) is 5.10 Å². The molecule has 0 aliphatic rings. The van der Waals surface area contributed by atoms with Crippen LogP contribution in [-0.2, 0) is 6.61 Å². The summed E-state index contributed by atoms with van der Waals surface area (Å²) in [6.45, 7) is 2.51. The summed E-state index contributed by atoms with van der Waals surface area (Å²) in [6, 6.07) is 26.7. The fourth-order valence-corrected chi connectivity index (χ4v) is 3.41. The smallest absolute Gasteiger partial charge is 0.271 e. The first-order valence-electron chi connectivity index (χ1n) is 9.90. The first-order chi connectivity index (χ1) is 15.1. The third-order valence-electron chi connectivity index (χ3n) is 5.04. The highest BCUT2D eigenvalue weighted by atomic mass is 35.5. The lowest BCUT2D eigenvalue weighted by Crippen LogP contribution is -2.17. The van der Waals surface area contributed by atoms with Gasteiger partial charge in [0.1, 0.15) is 12.4 Å². The standard InChI is InChI=1S/C26H21ClN2O2/c1-18-6-2-3-8-21(18)17-31-25-15-12-19-7-4-5-9-23(19)24(25)16-28-29-26(30)20-10-13-22(27)14-11-20/h2-16H,17H2,1H3,(H,29,30)/b28-16+. The Morgan fingerprint density at radius 2 is 1.71 bits per heavy atom. The Labute approximate surface area is 186 Å². The summed E-state index contributed by atoms with van der Waals surface area (Å²) in [5.41, 5.74) is 6.16. The predicted molar refractivity (Wildman–Crippen MR) is 126 cm³/mol. The van der Waals surface area contributed by atoms with Gasteiger partial charge in [0.05, 0.1) is 6.21 Å². The Kier molecular flexibility index (Phi) is 6.29. The van der Waals surface area contributed by atoms with E-state index in [9.17, 15) is 4.79 Å². The van der Waals surface area contributed by atoms with E-state index in [0.29, 0.717) is 22.9 Å². The quantitative estimate of drug-likeness (QED) is 0.296. The number of carbonyl (C=O) groups excluding carboxylic acids is 1. The van der Waals surface area contributed by atoms with Crippen molar-refractivity contribution >= 4 is 34.5 Å². The van der Waals surface area contributed by atoms with Gasteiger partial charge in [0.15, 0.2) is 0 Å². The molecule has 0 aliphatic carbocycles. The molecule has 0 fully saturated rings. The minimum absolute atomic E-state index is 0.310. The van der Waals surface area contributed by atoms with Crippen molar-refractivity contribution in [1.82, 2.24) is 5.43 Å².